The zero-order valence-corrected chi connectivity index (χ0v) is 12.2. The highest BCUT2D eigenvalue weighted by molar-refractivity contribution is 6.04. The Kier molecular flexibility index (Phi) is 3.74. The number of aromatic amines is 1. The van der Waals surface area contributed by atoms with Gasteiger partial charge in [0.25, 0.3) is 11.5 Å². The molecule has 0 bridgehead atoms. The molecule has 1 amide bonds. The molecule has 0 aliphatic carbocycles. The Morgan fingerprint density at radius 3 is 2.77 bits per heavy atom. The Hall–Kier alpha value is -2.89. The number of fused-ring (bicyclic) bond motifs is 1. The molecule has 3 aromatic rings. The summed E-state index contributed by atoms with van der Waals surface area (Å²) in [6, 6.07) is 9.21. The molecule has 22 heavy (non-hydrogen) atoms. The first-order valence-electron chi connectivity index (χ1n) is 7.14. The lowest BCUT2D eigenvalue weighted by molar-refractivity contribution is 0.0955. The quantitative estimate of drug-likeness (QED) is 0.771. The maximum absolute atomic E-state index is 12.5. The van der Waals surface area contributed by atoms with Crippen LogP contribution in [0.2, 0.25) is 0 Å². The second-order valence-electron chi connectivity index (χ2n) is 4.95. The van der Waals surface area contributed by atoms with E-state index in [0.717, 1.165) is 6.42 Å². The van der Waals surface area contributed by atoms with Crippen molar-refractivity contribution < 1.29 is 4.79 Å². The van der Waals surface area contributed by atoms with Crippen LogP contribution < -0.4 is 10.9 Å². The van der Waals surface area contributed by atoms with E-state index in [1.807, 2.05) is 37.3 Å². The van der Waals surface area contributed by atoms with Gasteiger partial charge in [0, 0.05) is 18.9 Å². The van der Waals surface area contributed by atoms with Crippen LogP contribution in [0.5, 0.6) is 0 Å². The Balaban J connectivity index is 2.14. The van der Waals surface area contributed by atoms with Gasteiger partial charge < -0.3 is 5.32 Å². The lowest BCUT2D eigenvalue weighted by Gasteiger charge is -2.04. The van der Waals surface area contributed by atoms with Gasteiger partial charge in [0.05, 0.1) is 22.2 Å². The average molecular weight is 296 g/mol. The van der Waals surface area contributed by atoms with E-state index in [1.54, 1.807) is 0 Å². The van der Waals surface area contributed by atoms with Crippen LogP contribution in [0.4, 0.5) is 0 Å². The molecule has 112 valence electrons. The van der Waals surface area contributed by atoms with Crippen LogP contribution in [0.1, 0.15) is 23.7 Å². The number of amides is 1. The summed E-state index contributed by atoms with van der Waals surface area (Å²) in [5.74, 6) is -0.235. The van der Waals surface area contributed by atoms with E-state index < -0.39 is 0 Å². The summed E-state index contributed by atoms with van der Waals surface area (Å²) in [5, 5.41) is 6.20. The zero-order chi connectivity index (χ0) is 15.5. The van der Waals surface area contributed by atoms with Gasteiger partial charge in [0.1, 0.15) is 0 Å². The molecule has 0 aliphatic rings. The highest BCUT2D eigenvalue weighted by Gasteiger charge is 2.16. The van der Waals surface area contributed by atoms with E-state index in [9.17, 15) is 9.59 Å². The van der Waals surface area contributed by atoms with Crippen LogP contribution in [0.3, 0.4) is 0 Å². The summed E-state index contributed by atoms with van der Waals surface area (Å²) < 4.78 is 1.42. The number of nitrogens with zero attached hydrogens (tertiary/aromatic N) is 2. The van der Waals surface area contributed by atoms with Crippen molar-refractivity contribution in [2.24, 2.45) is 0 Å². The highest BCUT2D eigenvalue weighted by atomic mass is 16.2. The number of H-pyrrole nitrogens is 1. The summed E-state index contributed by atoms with van der Waals surface area (Å²) in [6.45, 7) is 2.56. The molecular formula is C16H16N4O2. The molecule has 0 spiro atoms. The topological polar surface area (TPSA) is 79.8 Å². The van der Waals surface area contributed by atoms with Gasteiger partial charge in [-0.15, -0.1) is 0 Å². The molecule has 0 saturated heterocycles. The number of aromatic nitrogens is 3. The molecule has 2 aromatic heterocycles. The molecule has 6 nitrogen and oxygen atoms in total. The van der Waals surface area contributed by atoms with Crippen LogP contribution >= 0.6 is 0 Å². The molecule has 1 aromatic carbocycles. The van der Waals surface area contributed by atoms with E-state index in [-0.39, 0.29) is 11.5 Å². The molecule has 6 heteroatoms. The van der Waals surface area contributed by atoms with Crippen molar-refractivity contribution in [3.63, 3.8) is 0 Å². The molecule has 0 unspecified atom stereocenters. The highest BCUT2D eigenvalue weighted by Crippen LogP contribution is 2.14. The first-order chi connectivity index (χ1) is 10.7. The van der Waals surface area contributed by atoms with Crippen molar-refractivity contribution in [1.29, 1.82) is 0 Å². The fourth-order valence-electron chi connectivity index (χ4n) is 2.29. The number of para-hydroxylation sites is 1. The fraction of sp³-hybridized carbons (Fsp3) is 0.188. The third-order valence-electron chi connectivity index (χ3n) is 3.40. The number of nitrogens with one attached hydrogen (secondary N) is 2. The van der Waals surface area contributed by atoms with Crippen LogP contribution in [0.25, 0.3) is 16.6 Å². The predicted octanol–water partition coefficient (Wildman–Crippen LogP) is 1.85. The Morgan fingerprint density at radius 2 is 2.05 bits per heavy atom. The Morgan fingerprint density at radius 1 is 1.27 bits per heavy atom. The minimum absolute atomic E-state index is 0.223. The minimum atomic E-state index is -0.235. The third-order valence-corrected chi connectivity index (χ3v) is 3.40. The average Bonchev–Trinajstić information content (AvgIpc) is 2.90. The van der Waals surface area contributed by atoms with Gasteiger partial charge >= 0.3 is 0 Å². The lowest BCUT2D eigenvalue weighted by Crippen LogP contribution is -2.24. The monoisotopic (exact) mass is 296 g/mol. The van der Waals surface area contributed by atoms with Gasteiger partial charge in [-0.3, -0.25) is 19.7 Å². The van der Waals surface area contributed by atoms with Crippen LogP contribution in [-0.4, -0.2) is 27.2 Å². The number of hydrogen-bond acceptors (Lipinski definition) is 3. The molecule has 0 atom stereocenters. The number of rotatable bonds is 4. The molecule has 0 fully saturated rings. The van der Waals surface area contributed by atoms with Gasteiger partial charge in [0.2, 0.25) is 0 Å². The van der Waals surface area contributed by atoms with Crippen LogP contribution in [0, 0.1) is 0 Å². The summed E-state index contributed by atoms with van der Waals surface area (Å²) in [7, 11) is 0. The molecule has 2 heterocycles. The maximum Gasteiger partial charge on any atom is 0.280 e. The van der Waals surface area contributed by atoms with Crippen molar-refractivity contribution in [1.82, 2.24) is 20.1 Å². The number of benzene rings is 1. The number of carbonyl (C=O) groups excluding carboxylic acids is 1. The van der Waals surface area contributed by atoms with Gasteiger partial charge in [-0.2, -0.15) is 0 Å². The van der Waals surface area contributed by atoms with Crippen molar-refractivity contribution in [3.05, 3.63) is 58.6 Å². The number of carbonyl (C=O) groups is 1. The number of hydrogen-bond donors (Lipinski definition) is 2. The standard InChI is InChI=1S/C16H16N4O2/c1-2-8-18-15(21)12-9-17-10-13-14(12)19-20(16(13)22)11-6-4-3-5-7-11/h3-7,9-10,19H,2,8H2,1H3,(H,18,21). The molecule has 3 rings (SSSR count). The molecular weight excluding hydrogens is 280 g/mol. The van der Waals surface area contributed by atoms with Gasteiger partial charge in [-0.25, -0.2) is 4.68 Å². The lowest BCUT2D eigenvalue weighted by atomic mass is 10.2. The predicted molar refractivity (Wildman–Crippen MR) is 84.3 cm³/mol. The normalized spacial score (nSPS) is 10.8. The summed E-state index contributed by atoms with van der Waals surface area (Å²) in [4.78, 5) is 28.7. The van der Waals surface area contributed by atoms with Crippen LogP contribution in [-0.2, 0) is 0 Å². The maximum atomic E-state index is 12.5. The Labute approximate surface area is 126 Å². The van der Waals surface area contributed by atoms with Crippen molar-refractivity contribution >= 4 is 16.8 Å². The minimum Gasteiger partial charge on any atom is -0.352 e. The molecule has 0 radical (unpaired) electrons. The fourth-order valence-corrected chi connectivity index (χ4v) is 2.29. The second-order valence-corrected chi connectivity index (χ2v) is 4.95. The van der Waals surface area contributed by atoms with Crippen LogP contribution in [0.15, 0.2) is 47.5 Å². The van der Waals surface area contributed by atoms with Crippen molar-refractivity contribution in [3.8, 4) is 5.69 Å². The Bertz CT molecular complexity index is 865. The van der Waals surface area contributed by atoms with E-state index in [1.165, 1.54) is 17.1 Å². The molecule has 0 saturated carbocycles. The first kappa shape index (κ1) is 14.1. The van der Waals surface area contributed by atoms with E-state index in [4.69, 9.17) is 0 Å². The summed E-state index contributed by atoms with van der Waals surface area (Å²) >= 11 is 0. The van der Waals surface area contributed by atoms with E-state index in [2.05, 4.69) is 15.4 Å². The zero-order valence-electron chi connectivity index (χ0n) is 12.2. The van der Waals surface area contributed by atoms with E-state index in [0.29, 0.717) is 28.7 Å². The molecule has 0 aliphatic heterocycles. The second kappa shape index (κ2) is 5.85. The largest absolute Gasteiger partial charge is 0.352 e. The van der Waals surface area contributed by atoms with Gasteiger partial charge in [0.15, 0.2) is 0 Å². The smallest absolute Gasteiger partial charge is 0.280 e. The SMILES string of the molecule is CCCNC(=O)c1cncc2c(=O)n(-c3ccccc3)[nH]c12. The summed E-state index contributed by atoms with van der Waals surface area (Å²) in [5.41, 5.74) is 1.36. The first-order valence-corrected chi connectivity index (χ1v) is 7.14. The number of pyridine rings is 1. The van der Waals surface area contributed by atoms with Gasteiger partial charge in [-0.05, 0) is 18.6 Å². The summed E-state index contributed by atoms with van der Waals surface area (Å²) in [6.07, 6.45) is 3.79. The molecule has 2 N–H and O–H groups in total. The third kappa shape index (κ3) is 2.39. The van der Waals surface area contributed by atoms with E-state index >= 15 is 0 Å². The van der Waals surface area contributed by atoms with Crippen molar-refractivity contribution in [2.45, 2.75) is 13.3 Å². The van der Waals surface area contributed by atoms with Crippen molar-refractivity contribution in [2.75, 3.05) is 6.54 Å². The van der Waals surface area contributed by atoms with Gasteiger partial charge in [-0.1, -0.05) is 25.1 Å².